The number of pyridine rings is 1. The first-order valence-electron chi connectivity index (χ1n) is 5.17. The predicted octanol–water partition coefficient (Wildman–Crippen LogP) is 2.04. The zero-order valence-corrected chi connectivity index (χ0v) is 9.56. The van der Waals surface area contributed by atoms with Crippen LogP contribution in [0.1, 0.15) is 12.6 Å². The highest BCUT2D eigenvalue weighted by Crippen LogP contribution is 2.23. The number of hydrogen-bond donors (Lipinski definition) is 0. The molecule has 0 spiro atoms. The summed E-state index contributed by atoms with van der Waals surface area (Å²) < 4.78 is 4.99. The molecule has 0 aliphatic carbocycles. The topological polar surface area (TPSA) is 56.3 Å². The first-order valence-corrected chi connectivity index (χ1v) is 5.17. The lowest BCUT2D eigenvalue weighted by Crippen LogP contribution is -2.17. The molecule has 4 heteroatoms. The van der Waals surface area contributed by atoms with Gasteiger partial charge in [-0.15, -0.1) is 0 Å². The molecule has 1 heterocycles. The largest absolute Gasteiger partial charge is 0.418 e. The predicted molar refractivity (Wildman–Crippen MR) is 62.8 cm³/mol. The second-order valence-corrected chi connectivity index (χ2v) is 3.73. The monoisotopic (exact) mass is 229 g/mol. The van der Waals surface area contributed by atoms with Gasteiger partial charge in [-0.1, -0.05) is 18.2 Å². The van der Waals surface area contributed by atoms with E-state index in [0.717, 1.165) is 11.1 Å². The molecule has 1 aromatic heterocycles. The van der Waals surface area contributed by atoms with Crippen LogP contribution in [0.15, 0.2) is 30.3 Å². The van der Waals surface area contributed by atoms with Crippen molar-refractivity contribution in [3.8, 4) is 5.75 Å². The van der Waals surface area contributed by atoms with E-state index in [4.69, 9.17) is 4.74 Å². The summed E-state index contributed by atoms with van der Waals surface area (Å²) in [5, 5.41) is 0.865. The molecular weight excluding hydrogens is 218 g/mol. The highest BCUT2D eigenvalue weighted by atomic mass is 16.5. The molecule has 0 aliphatic rings. The molecule has 0 saturated heterocycles. The van der Waals surface area contributed by atoms with Gasteiger partial charge in [0.15, 0.2) is 5.75 Å². The first-order chi connectivity index (χ1) is 8.08. The van der Waals surface area contributed by atoms with Gasteiger partial charge in [-0.05, 0) is 19.1 Å². The molecule has 0 unspecified atom stereocenters. The number of carbonyl (C=O) groups excluding carboxylic acids is 2. The lowest BCUT2D eigenvalue weighted by Gasteiger charge is -2.06. The van der Waals surface area contributed by atoms with Crippen molar-refractivity contribution in [1.29, 1.82) is 0 Å². The van der Waals surface area contributed by atoms with Gasteiger partial charge >= 0.3 is 5.97 Å². The number of benzene rings is 1. The fourth-order valence-corrected chi connectivity index (χ4v) is 1.47. The van der Waals surface area contributed by atoms with Gasteiger partial charge in [0.25, 0.3) is 0 Å². The molecule has 4 nitrogen and oxygen atoms in total. The van der Waals surface area contributed by atoms with Crippen molar-refractivity contribution in [3.63, 3.8) is 0 Å². The van der Waals surface area contributed by atoms with E-state index in [1.54, 1.807) is 12.1 Å². The van der Waals surface area contributed by atoms with Gasteiger partial charge in [0.2, 0.25) is 5.78 Å². The van der Waals surface area contributed by atoms with E-state index in [9.17, 15) is 9.59 Å². The van der Waals surface area contributed by atoms with E-state index in [1.165, 1.54) is 6.92 Å². The van der Waals surface area contributed by atoms with E-state index >= 15 is 0 Å². The van der Waals surface area contributed by atoms with Crippen LogP contribution < -0.4 is 4.74 Å². The Balaban J connectivity index is 2.50. The third-order valence-corrected chi connectivity index (χ3v) is 2.31. The number of aromatic nitrogens is 1. The molecular formula is C13H11NO3. The van der Waals surface area contributed by atoms with Crippen LogP contribution >= 0.6 is 0 Å². The van der Waals surface area contributed by atoms with Crippen molar-refractivity contribution in [3.05, 3.63) is 36.0 Å². The number of para-hydroxylation sites is 1. The number of ketones is 1. The van der Waals surface area contributed by atoms with Crippen molar-refractivity contribution >= 4 is 22.7 Å². The molecule has 2 rings (SSSR count). The summed E-state index contributed by atoms with van der Waals surface area (Å²) in [5.41, 5.74) is 1.41. The molecule has 0 radical (unpaired) electrons. The minimum atomic E-state index is -0.874. The fourth-order valence-electron chi connectivity index (χ4n) is 1.47. The molecule has 0 saturated carbocycles. The summed E-state index contributed by atoms with van der Waals surface area (Å²) in [6.45, 7) is 3.02. The van der Waals surface area contributed by atoms with Gasteiger partial charge in [0.1, 0.15) is 5.52 Å². The Hall–Kier alpha value is -2.23. The van der Waals surface area contributed by atoms with Crippen molar-refractivity contribution < 1.29 is 14.3 Å². The van der Waals surface area contributed by atoms with Gasteiger partial charge in [-0.25, -0.2) is 9.78 Å². The van der Waals surface area contributed by atoms with Crippen LogP contribution in [0.5, 0.6) is 5.75 Å². The average Bonchev–Trinajstić information content (AvgIpc) is 2.29. The second kappa shape index (κ2) is 4.33. The Bertz CT molecular complexity index is 605. The van der Waals surface area contributed by atoms with Crippen LogP contribution in [0.2, 0.25) is 0 Å². The standard InChI is InChI=1S/C13H11NO3/c1-8-6-7-10-4-3-5-11(12(10)14-8)17-13(16)9(2)15/h3-7H,1-2H3. The number of nitrogens with zero attached hydrogens (tertiary/aromatic N) is 1. The van der Waals surface area contributed by atoms with Gasteiger partial charge in [0.05, 0.1) is 0 Å². The van der Waals surface area contributed by atoms with Crippen LogP contribution in [-0.2, 0) is 9.59 Å². The Kier molecular flexibility index (Phi) is 2.87. The summed E-state index contributed by atoms with van der Waals surface area (Å²) in [6.07, 6.45) is 0. The Morgan fingerprint density at radius 3 is 2.65 bits per heavy atom. The lowest BCUT2D eigenvalue weighted by atomic mass is 10.2. The lowest BCUT2D eigenvalue weighted by molar-refractivity contribution is -0.145. The smallest absolute Gasteiger partial charge is 0.379 e. The number of esters is 1. The van der Waals surface area contributed by atoms with Crippen molar-refractivity contribution in [1.82, 2.24) is 4.98 Å². The number of ether oxygens (including phenoxy) is 1. The van der Waals surface area contributed by atoms with Crippen molar-refractivity contribution in [2.75, 3.05) is 0 Å². The highest BCUT2D eigenvalue weighted by Gasteiger charge is 2.13. The maximum absolute atomic E-state index is 11.2. The maximum Gasteiger partial charge on any atom is 0.379 e. The summed E-state index contributed by atoms with van der Waals surface area (Å²) in [6, 6.07) is 9.01. The summed E-state index contributed by atoms with van der Waals surface area (Å²) in [7, 11) is 0. The first kappa shape index (κ1) is 11.3. The summed E-state index contributed by atoms with van der Waals surface area (Å²) in [5.74, 6) is -1.19. The molecule has 0 N–H and O–H groups in total. The number of aryl methyl sites for hydroxylation is 1. The number of hydrogen-bond acceptors (Lipinski definition) is 4. The summed E-state index contributed by atoms with van der Waals surface area (Å²) >= 11 is 0. The molecule has 17 heavy (non-hydrogen) atoms. The third kappa shape index (κ3) is 2.30. The van der Waals surface area contributed by atoms with E-state index < -0.39 is 11.8 Å². The Morgan fingerprint density at radius 1 is 1.18 bits per heavy atom. The highest BCUT2D eigenvalue weighted by molar-refractivity contribution is 6.33. The second-order valence-electron chi connectivity index (χ2n) is 3.73. The zero-order valence-electron chi connectivity index (χ0n) is 9.56. The average molecular weight is 229 g/mol. The number of carbonyl (C=O) groups is 2. The fraction of sp³-hybridized carbons (Fsp3) is 0.154. The molecule has 2 aromatic rings. The number of rotatable bonds is 2. The van der Waals surface area contributed by atoms with Crippen LogP contribution in [0.3, 0.4) is 0 Å². The van der Waals surface area contributed by atoms with Crippen LogP contribution in [0.4, 0.5) is 0 Å². The van der Waals surface area contributed by atoms with Crippen LogP contribution in [-0.4, -0.2) is 16.7 Å². The SMILES string of the molecule is CC(=O)C(=O)Oc1cccc2ccc(C)nc12. The van der Waals surface area contributed by atoms with Crippen molar-refractivity contribution in [2.24, 2.45) is 0 Å². The van der Waals surface area contributed by atoms with Crippen LogP contribution in [0.25, 0.3) is 10.9 Å². The molecule has 0 atom stereocenters. The Labute approximate surface area is 98.2 Å². The van der Waals surface area contributed by atoms with Gasteiger partial charge in [-0.2, -0.15) is 0 Å². The van der Waals surface area contributed by atoms with Crippen LogP contribution in [0, 0.1) is 6.92 Å². The van der Waals surface area contributed by atoms with Gasteiger partial charge in [-0.3, -0.25) is 4.79 Å². The maximum atomic E-state index is 11.2. The number of fused-ring (bicyclic) bond motifs is 1. The number of Topliss-reactive ketones (excluding diaryl/α,β-unsaturated/α-hetero) is 1. The Morgan fingerprint density at radius 2 is 1.94 bits per heavy atom. The molecule has 0 aliphatic heterocycles. The van der Waals surface area contributed by atoms with E-state index in [0.29, 0.717) is 11.3 Å². The van der Waals surface area contributed by atoms with Gasteiger partial charge < -0.3 is 4.74 Å². The zero-order chi connectivity index (χ0) is 12.4. The molecule has 0 amide bonds. The van der Waals surface area contributed by atoms with E-state index in [-0.39, 0.29) is 0 Å². The minimum absolute atomic E-state index is 0.311. The quantitative estimate of drug-likeness (QED) is 0.449. The third-order valence-electron chi connectivity index (χ3n) is 2.31. The van der Waals surface area contributed by atoms with Gasteiger partial charge in [0, 0.05) is 18.0 Å². The van der Waals surface area contributed by atoms with Crippen molar-refractivity contribution in [2.45, 2.75) is 13.8 Å². The van der Waals surface area contributed by atoms with E-state index in [2.05, 4.69) is 4.98 Å². The molecule has 1 aromatic carbocycles. The molecule has 86 valence electrons. The molecule has 0 fully saturated rings. The normalized spacial score (nSPS) is 10.2. The summed E-state index contributed by atoms with van der Waals surface area (Å²) in [4.78, 5) is 26.4. The molecule has 0 bridgehead atoms. The minimum Gasteiger partial charge on any atom is -0.418 e. The van der Waals surface area contributed by atoms with E-state index in [1.807, 2.05) is 25.1 Å².